The predicted octanol–water partition coefficient (Wildman–Crippen LogP) is 3.31. The van der Waals surface area contributed by atoms with Gasteiger partial charge in [0.15, 0.2) is 11.6 Å². The number of esters is 1. The highest BCUT2D eigenvalue weighted by molar-refractivity contribution is 5.90. The SMILES string of the molecule is CCOC(=O)c1ccc(Nc2ncnc(N3CCN(c4ccccc4)CC3)c2N)cc1. The molecule has 1 saturated heterocycles. The van der Waals surface area contributed by atoms with Crippen molar-refractivity contribution in [1.29, 1.82) is 0 Å². The van der Waals surface area contributed by atoms with E-state index >= 15 is 0 Å². The summed E-state index contributed by atoms with van der Waals surface area (Å²) in [7, 11) is 0. The summed E-state index contributed by atoms with van der Waals surface area (Å²) < 4.78 is 5.01. The number of aromatic nitrogens is 2. The molecule has 0 amide bonds. The van der Waals surface area contributed by atoms with Gasteiger partial charge < -0.3 is 25.6 Å². The molecule has 0 aliphatic carbocycles. The number of nitrogens with one attached hydrogen (secondary N) is 1. The van der Waals surface area contributed by atoms with Gasteiger partial charge in [-0.15, -0.1) is 0 Å². The minimum atomic E-state index is -0.340. The largest absolute Gasteiger partial charge is 0.462 e. The molecule has 2 aromatic carbocycles. The Bertz CT molecular complexity index is 1020. The molecule has 1 aromatic heterocycles. The third-order valence-electron chi connectivity index (χ3n) is 5.22. The Morgan fingerprint density at radius 2 is 1.68 bits per heavy atom. The summed E-state index contributed by atoms with van der Waals surface area (Å²) in [5, 5.41) is 3.22. The molecule has 3 aromatic rings. The number of rotatable bonds is 6. The predicted molar refractivity (Wildman–Crippen MR) is 123 cm³/mol. The van der Waals surface area contributed by atoms with Crippen LogP contribution >= 0.6 is 0 Å². The molecular weight excluding hydrogens is 392 g/mol. The molecule has 2 heterocycles. The van der Waals surface area contributed by atoms with Crippen LogP contribution in [0.4, 0.5) is 28.7 Å². The van der Waals surface area contributed by atoms with Crippen LogP contribution in [0.1, 0.15) is 17.3 Å². The third kappa shape index (κ3) is 4.69. The first-order valence-electron chi connectivity index (χ1n) is 10.4. The van der Waals surface area contributed by atoms with Gasteiger partial charge in [-0.2, -0.15) is 0 Å². The van der Waals surface area contributed by atoms with Crippen LogP contribution in [0.15, 0.2) is 60.9 Å². The first-order chi connectivity index (χ1) is 15.2. The number of piperazine rings is 1. The number of carbonyl (C=O) groups is 1. The van der Waals surface area contributed by atoms with Crippen molar-refractivity contribution in [3.05, 3.63) is 66.5 Å². The number of hydrogen-bond acceptors (Lipinski definition) is 8. The maximum Gasteiger partial charge on any atom is 0.338 e. The lowest BCUT2D eigenvalue weighted by molar-refractivity contribution is 0.0526. The second-order valence-corrected chi connectivity index (χ2v) is 7.19. The van der Waals surface area contributed by atoms with Crippen molar-refractivity contribution in [3.8, 4) is 0 Å². The molecule has 0 bridgehead atoms. The molecule has 0 spiro atoms. The molecular formula is C23H26N6O2. The van der Waals surface area contributed by atoms with Crippen LogP contribution in [-0.2, 0) is 4.74 Å². The Balaban J connectivity index is 1.43. The van der Waals surface area contributed by atoms with Crippen molar-refractivity contribution >= 4 is 34.7 Å². The van der Waals surface area contributed by atoms with Gasteiger partial charge in [0.25, 0.3) is 0 Å². The lowest BCUT2D eigenvalue weighted by Crippen LogP contribution is -2.47. The van der Waals surface area contributed by atoms with E-state index < -0.39 is 0 Å². The van der Waals surface area contributed by atoms with Gasteiger partial charge in [0.1, 0.15) is 12.0 Å². The molecule has 4 rings (SSSR count). The molecule has 0 saturated carbocycles. The summed E-state index contributed by atoms with van der Waals surface area (Å²) in [6.45, 7) is 5.56. The zero-order valence-corrected chi connectivity index (χ0v) is 17.5. The van der Waals surface area contributed by atoms with Crippen molar-refractivity contribution < 1.29 is 9.53 Å². The van der Waals surface area contributed by atoms with E-state index in [4.69, 9.17) is 10.5 Å². The van der Waals surface area contributed by atoms with Gasteiger partial charge in [-0.05, 0) is 43.3 Å². The van der Waals surface area contributed by atoms with Gasteiger partial charge in [0.05, 0.1) is 12.2 Å². The minimum absolute atomic E-state index is 0.340. The molecule has 1 aliphatic heterocycles. The zero-order valence-electron chi connectivity index (χ0n) is 17.5. The quantitative estimate of drug-likeness (QED) is 0.589. The number of nitrogens with zero attached hydrogens (tertiary/aromatic N) is 4. The highest BCUT2D eigenvalue weighted by Gasteiger charge is 2.21. The minimum Gasteiger partial charge on any atom is -0.462 e. The number of ether oxygens (including phenoxy) is 1. The van der Waals surface area contributed by atoms with Gasteiger partial charge in [-0.1, -0.05) is 18.2 Å². The zero-order chi connectivity index (χ0) is 21.6. The van der Waals surface area contributed by atoms with E-state index in [-0.39, 0.29) is 5.97 Å². The molecule has 8 heteroatoms. The summed E-state index contributed by atoms with van der Waals surface area (Å²) >= 11 is 0. The van der Waals surface area contributed by atoms with Crippen molar-refractivity contribution in [2.24, 2.45) is 0 Å². The first-order valence-corrected chi connectivity index (χ1v) is 10.4. The Kier molecular flexibility index (Phi) is 6.16. The number of nitrogens with two attached hydrogens (primary N) is 1. The number of anilines is 5. The van der Waals surface area contributed by atoms with Gasteiger partial charge in [-0.3, -0.25) is 0 Å². The number of para-hydroxylation sites is 1. The highest BCUT2D eigenvalue weighted by atomic mass is 16.5. The molecule has 0 radical (unpaired) electrons. The van der Waals surface area contributed by atoms with Gasteiger partial charge >= 0.3 is 5.97 Å². The highest BCUT2D eigenvalue weighted by Crippen LogP contribution is 2.29. The summed E-state index contributed by atoms with van der Waals surface area (Å²) in [5.41, 5.74) is 9.42. The van der Waals surface area contributed by atoms with Crippen LogP contribution in [0.25, 0.3) is 0 Å². The Labute approximate surface area is 181 Å². The Morgan fingerprint density at radius 1 is 1.00 bits per heavy atom. The monoisotopic (exact) mass is 418 g/mol. The normalized spacial score (nSPS) is 13.7. The average molecular weight is 419 g/mol. The lowest BCUT2D eigenvalue weighted by atomic mass is 10.2. The molecule has 31 heavy (non-hydrogen) atoms. The van der Waals surface area contributed by atoms with E-state index in [0.29, 0.717) is 23.7 Å². The standard InChI is InChI=1S/C23H26N6O2/c1-2-31-23(30)17-8-10-18(11-9-17)27-21-20(24)22(26-16-25-21)29-14-12-28(13-15-29)19-6-4-3-5-7-19/h3-11,16H,2,12-15,24H2,1H3,(H,25,26,27). The molecule has 1 aliphatic rings. The van der Waals surface area contributed by atoms with E-state index in [1.807, 2.05) is 6.07 Å². The molecule has 8 nitrogen and oxygen atoms in total. The second kappa shape index (κ2) is 9.34. The smallest absolute Gasteiger partial charge is 0.338 e. The summed E-state index contributed by atoms with van der Waals surface area (Å²) in [6.07, 6.45) is 1.52. The fourth-order valence-electron chi connectivity index (χ4n) is 3.59. The molecule has 0 atom stereocenters. The van der Waals surface area contributed by atoms with Crippen molar-refractivity contribution in [1.82, 2.24) is 9.97 Å². The van der Waals surface area contributed by atoms with Crippen LogP contribution in [0, 0.1) is 0 Å². The lowest BCUT2D eigenvalue weighted by Gasteiger charge is -2.37. The van der Waals surface area contributed by atoms with E-state index in [2.05, 4.69) is 49.4 Å². The maximum absolute atomic E-state index is 11.8. The van der Waals surface area contributed by atoms with Crippen LogP contribution in [0.3, 0.4) is 0 Å². The first kappa shape index (κ1) is 20.5. The Morgan fingerprint density at radius 3 is 2.35 bits per heavy atom. The van der Waals surface area contributed by atoms with Crippen LogP contribution < -0.4 is 20.9 Å². The fraction of sp³-hybridized carbons (Fsp3) is 0.261. The summed E-state index contributed by atoms with van der Waals surface area (Å²) in [6, 6.07) is 17.4. The average Bonchev–Trinajstić information content (AvgIpc) is 2.82. The molecule has 0 unspecified atom stereocenters. The van der Waals surface area contributed by atoms with Crippen LogP contribution in [0.2, 0.25) is 0 Å². The van der Waals surface area contributed by atoms with Crippen LogP contribution in [0.5, 0.6) is 0 Å². The van der Waals surface area contributed by atoms with Crippen molar-refractivity contribution in [2.75, 3.05) is 53.6 Å². The van der Waals surface area contributed by atoms with E-state index in [0.717, 1.165) is 37.7 Å². The number of benzene rings is 2. The third-order valence-corrected chi connectivity index (χ3v) is 5.22. The van der Waals surface area contributed by atoms with Crippen molar-refractivity contribution in [2.45, 2.75) is 6.92 Å². The number of hydrogen-bond donors (Lipinski definition) is 2. The van der Waals surface area contributed by atoms with Gasteiger partial charge in [0, 0.05) is 37.6 Å². The van der Waals surface area contributed by atoms with E-state index in [1.165, 1.54) is 12.0 Å². The van der Waals surface area contributed by atoms with Gasteiger partial charge in [0.2, 0.25) is 0 Å². The van der Waals surface area contributed by atoms with Crippen LogP contribution in [-0.4, -0.2) is 48.7 Å². The summed E-state index contributed by atoms with van der Waals surface area (Å²) in [4.78, 5) is 25.1. The van der Waals surface area contributed by atoms with E-state index in [9.17, 15) is 4.79 Å². The maximum atomic E-state index is 11.8. The molecule has 1 fully saturated rings. The van der Waals surface area contributed by atoms with Crippen molar-refractivity contribution in [3.63, 3.8) is 0 Å². The topological polar surface area (TPSA) is 96.6 Å². The molecule has 3 N–H and O–H groups in total. The Hall–Kier alpha value is -3.81. The van der Waals surface area contributed by atoms with Gasteiger partial charge in [-0.25, -0.2) is 14.8 Å². The summed E-state index contributed by atoms with van der Waals surface area (Å²) in [5.74, 6) is 0.931. The molecule has 160 valence electrons. The van der Waals surface area contributed by atoms with E-state index in [1.54, 1.807) is 31.2 Å². The second-order valence-electron chi connectivity index (χ2n) is 7.19. The fourth-order valence-corrected chi connectivity index (χ4v) is 3.59. The number of nitrogen functional groups attached to an aromatic ring is 1. The number of carbonyl (C=O) groups excluding carboxylic acids is 1.